The summed E-state index contributed by atoms with van der Waals surface area (Å²) < 4.78 is 11.4. The first-order chi connectivity index (χ1) is 17.9. The van der Waals surface area contributed by atoms with E-state index in [1.165, 1.54) is 31.0 Å². The number of carbonyl (C=O) groups is 2. The summed E-state index contributed by atoms with van der Waals surface area (Å²) in [6.45, 7) is 2.52. The molecule has 1 heterocycles. The lowest BCUT2D eigenvalue weighted by Gasteiger charge is -2.12. The molecule has 186 valence electrons. The van der Waals surface area contributed by atoms with Crippen molar-refractivity contribution >= 4 is 40.6 Å². The van der Waals surface area contributed by atoms with E-state index in [0.717, 1.165) is 11.1 Å². The quantitative estimate of drug-likeness (QED) is 0.398. The van der Waals surface area contributed by atoms with Gasteiger partial charge in [-0.2, -0.15) is 5.26 Å². The zero-order valence-corrected chi connectivity index (χ0v) is 21.0. The predicted octanol–water partition coefficient (Wildman–Crippen LogP) is 5.47. The van der Waals surface area contributed by atoms with Gasteiger partial charge in [0.15, 0.2) is 16.7 Å². The Bertz CT molecular complexity index is 1440. The maximum atomic E-state index is 13.0. The van der Waals surface area contributed by atoms with Crippen molar-refractivity contribution < 1.29 is 24.2 Å². The van der Waals surface area contributed by atoms with Crippen molar-refractivity contribution in [3.63, 3.8) is 0 Å². The number of carbonyl (C=O) groups excluding carboxylic acids is 1. The molecule has 4 rings (SSSR count). The van der Waals surface area contributed by atoms with E-state index in [4.69, 9.17) is 14.6 Å². The molecule has 0 aromatic heterocycles. The van der Waals surface area contributed by atoms with Gasteiger partial charge in [-0.15, -0.1) is 0 Å². The number of carboxylic acid groups (broad SMARTS) is 1. The van der Waals surface area contributed by atoms with Gasteiger partial charge in [-0.05, 0) is 72.8 Å². The second kappa shape index (κ2) is 11.5. The maximum absolute atomic E-state index is 13.0. The van der Waals surface area contributed by atoms with Crippen molar-refractivity contribution in [1.29, 1.82) is 5.26 Å². The van der Waals surface area contributed by atoms with Crippen LogP contribution in [0.5, 0.6) is 11.5 Å². The minimum Gasteiger partial charge on any atom is -0.493 e. The number of rotatable bonds is 8. The molecule has 37 heavy (non-hydrogen) atoms. The molecule has 0 radical (unpaired) electrons. The molecule has 1 saturated heterocycles. The molecule has 1 fully saturated rings. The second-order valence-corrected chi connectivity index (χ2v) is 8.88. The molecule has 0 bridgehead atoms. The molecule has 0 atom stereocenters. The third-order valence-corrected chi connectivity index (χ3v) is 6.56. The normalized spacial score (nSPS) is 15.2. The minimum absolute atomic E-state index is 0.166. The highest BCUT2D eigenvalue weighted by atomic mass is 32.2. The van der Waals surface area contributed by atoms with Gasteiger partial charge in [0.2, 0.25) is 0 Å². The standard InChI is InChI=1S/C28H23N3O5S/c1-3-31-26(32)25(37-28(31)30-22-11-9-19(10-12-22)27(33)34)15-18-8-13-23(24(14-18)35-2)36-17-21-7-5-4-6-20(21)16-29/h4-15H,3,17H2,1-2H3,(H,33,34)/b25-15+,30-28?. The van der Waals surface area contributed by atoms with Crippen LogP contribution >= 0.6 is 11.8 Å². The Kier molecular flexibility index (Phi) is 7.91. The number of amidine groups is 1. The number of methoxy groups -OCH3 is 1. The number of amides is 1. The molecule has 1 aliphatic heterocycles. The lowest BCUT2D eigenvalue weighted by atomic mass is 10.1. The van der Waals surface area contributed by atoms with Crippen LogP contribution in [-0.2, 0) is 11.4 Å². The topological polar surface area (TPSA) is 112 Å². The molecule has 3 aromatic carbocycles. The molecular formula is C28H23N3O5S. The highest BCUT2D eigenvalue weighted by Crippen LogP contribution is 2.36. The van der Waals surface area contributed by atoms with Crippen molar-refractivity contribution in [3.05, 3.63) is 93.9 Å². The first kappa shape index (κ1) is 25.5. The Balaban J connectivity index is 1.54. The van der Waals surface area contributed by atoms with Crippen molar-refractivity contribution in [2.75, 3.05) is 13.7 Å². The molecule has 1 N–H and O–H groups in total. The Morgan fingerprint density at radius 1 is 1.14 bits per heavy atom. The fourth-order valence-corrected chi connectivity index (χ4v) is 4.68. The van der Waals surface area contributed by atoms with Crippen LogP contribution in [-0.4, -0.2) is 40.7 Å². The molecule has 9 heteroatoms. The number of hydrogen-bond donors (Lipinski definition) is 1. The van der Waals surface area contributed by atoms with E-state index in [-0.39, 0.29) is 18.1 Å². The van der Waals surface area contributed by atoms with Gasteiger partial charge in [0, 0.05) is 12.1 Å². The molecular weight excluding hydrogens is 490 g/mol. The van der Waals surface area contributed by atoms with Crippen LogP contribution in [0.1, 0.15) is 34.0 Å². The van der Waals surface area contributed by atoms with Crippen molar-refractivity contribution in [2.24, 2.45) is 4.99 Å². The fourth-order valence-electron chi connectivity index (χ4n) is 3.61. The van der Waals surface area contributed by atoms with Gasteiger partial charge >= 0.3 is 5.97 Å². The van der Waals surface area contributed by atoms with Crippen molar-refractivity contribution in [1.82, 2.24) is 4.90 Å². The van der Waals surface area contributed by atoms with E-state index >= 15 is 0 Å². The smallest absolute Gasteiger partial charge is 0.335 e. The predicted molar refractivity (Wildman–Crippen MR) is 142 cm³/mol. The van der Waals surface area contributed by atoms with Gasteiger partial charge in [0.1, 0.15) is 6.61 Å². The Morgan fingerprint density at radius 3 is 2.57 bits per heavy atom. The lowest BCUT2D eigenvalue weighted by Crippen LogP contribution is -2.28. The van der Waals surface area contributed by atoms with E-state index < -0.39 is 5.97 Å². The molecule has 8 nitrogen and oxygen atoms in total. The van der Waals surface area contributed by atoms with E-state index in [0.29, 0.717) is 39.4 Å². The summed E-state index contributed by atoms with van der Waals surface area (Å²) in [5, 5.41) is 18.9. The monoisotopic (exact) mass is 513 g/mol. The number of nitriles is 1. The summed E-state index contributed by atoms with van der Waals surface area (Å²) >= 11 is 1.25. The lowest BCUT2D eigenvalue weighted by molar-refractivity contribution is -0.122. The van der Waals surface area contributed by atoms with Gasteiger partial charge in [0.25, 0.3) is 5.91 Å². The van der Waals surface area contributed by atoms with E-state index in [9.17, 15) is 14.9 Å². The fraction of sp³-hybridized carbons (Fsp3) is 0.143. The largest absolute Gasteiger partial charge is 0.493 e. The summed E-state index contributed by atoms with van der Waals surface area (Å²) in [7, 11) is 1.54. The third kappa shape index (κ3) is 5.82. The molecule has 1 amide bonds. The van der Waals surface area contributed by atoms with E-state index in [1.54, 1.807) is 47.4 Å². The van der Waals surface area contributed by atoms with Gasteiger partial charge < -0.3 is 14.6 Å². The number of aliphatic imine (C=N–C) groups is 1. The van der Waals surface area contributed by atoms with Crippen LogP contribution in [0.4, 0.5) is 5.69 Å². The molecule has 1 aliphatic rings. The average molecular weight is 514 g/mol. The van der Waals surface area contributed by atoms with Gasteiger partial charge in [-0.25, -0.2) is 9.79 Å². The molecule has 0 saturated carbocycles. The summed E-state index contributed by atoms with van der Waals surface area (Å²) in [5.74, 6) is -0.159. The summed E-state index contributed by atoms with van der Waals surface area (Å²) in [5.41, 5.74) is 2.80. The molecule has 0 spiro atoms. The van der Waals surface area contributed by atoms with Crippen LogP contribution in [0.25, 0.3) is 6.08 Å². The number of aromatic carboxylic acids is 1. The SMILES string of the molecule is CCN1C(=O)/C(=C\c2ccc(OCc3ccccc3C#N)c(OC)c2)SC1=Nc1ccc(C(=O)O)cc1. The Labute approximate surface area is 218 Å². The van der Waals surface area contributed by atoms with Crippen LogP contribution in [0, 0.1) is 11.3 Å². The van der Waals surface area contributed by atoms with Gasteiger partial charge in [-0.1, -0.05) is 24.3 Å². The number of thioether (sulfide) groups is 1. The number of benzene rings is 3. The van der Waals surface area contributed by atoms with Gasteiger partial charge in [-0.3, -0.25) is 9.69 Å². The number of ether oxygens (including phenoxy) is 2. The third-order valence-electron chi connectivity index (χ3n) is 5.55. The first-order valence-electron chi connectivity index (χ1n) is 11.4. The highest BCUT2D eigenvalue weighted by Gasteiger charge is 2.32. The molecule has 3 aromatic rings. The zero-order valence-electron chi connectivity index (χ0n) is 20.2. The Hall–Kier alpha value is -4.55. The van der Waals surface area contributed by atoms with E-state index in [1.807, 2.05) is 25.1 Å². The maximum Gasteiger partial charge on any atom is 0.335 e. The summed E-state index contributed by atoms with van der Waals surface area (Å²) in [6.07, 6.45) is 1.77. The highest BCUT2D eigenvalue weighted by molar-refractivity contribution is 8.18. The molecule has 0 unspecified atom stereocenters. The number of likely N-dealkylation sites (N-methyl/N-ethyl adjacent to an activating group) is 1. The van der Waals surface area contributed by atoms with Crippen LogP contribution < -0.4 is 9.47 Å². The molecule has 0 aliphatic carbocycles. The van der Waals surface area contributed by atoms with Crippen LogP contribution in [0.3, 0.4) is 0 Å². The zero-order chi connectivity index (χ0) is 26.4. The number of carboxylic acids is 1. The average Bonchev–Trinajstić information content (AvgIpc) is 3.21. The minimum atomic E-state index is -1.01. The van der Waals surface area contributed by atoms with Crippen molar-refractivity contribution in [3.8, 4) is 17.6 Å². The summed E-state index contributed by atoms with van der Waals surface area (Å²) in [6, 6.07) is 20.9. The second-order valence-electron chi connectivity index (χ2n) is 7.87. The number of nitrogens with zero attached hydrogens (tertiary/aromatic N) is 3. The first-order valence-corrected chi connectivity index (χ1v) is 12.2. The van der Waals surface area contributed by atoms with Gasteiger partial charge in [0.05, 0.1) is 34.9 Å². The van der Waals surface area contributed by atoms with Crippen molar-refractivity contribution in [2.45, 2.75) is 13.5 Å². The number of hydrogen-bond acceptors (Lipinski definition) is 7. The Morgan fingerprint density at radius 2 is 1.89 bits per heavy atom. The van der Waals surface area contributed by atoms with Crippen LogP contribution in [0.15, 0.2) is 76.6 Å². The van der Waals surface area contributed by atoms with Crippen LogP contribution in [0.2, 0.25) is 0 Å². The summed E-state index contributed by atoms with van der Waals surface area (Å²) in [4.78, 5) is 30.7. The van der Waals surface area contributed by atoms with E-state index in [2.05, 4.69) is 11.1 Å².